The summed E-state index contributed by atoms with van der Waals surface area (Å²) in [6.45, 7) is 3.13. The van der Waals surface area contributed by atoms with Crippen molar-refractivity contribution in [1.82, 2.24) is 19.2 Å². The van der Waals surface area contributed by atoms with Gasteiger partial charge in [0.1, 0.15) is 5.65 Å². The molecular formula is C33H32N4O. The zero-order chi connectivity index (χ0) is 25.7. The lowest BCUT2D eigenvalue weighted by Gasteiger charge is -2.40. The van der Waals surface area contributed by atoms with Crippen LogP contribution in [0, 0.1) is 0 Å². The van der Waals surface area contributed by atoms with Crippen LogP contribution in [0.3, 0.4) is 0 Å². The van der Waals surface area contributed by atoms with Crippen molar-refractivity contribution in [2.45, 2.75) is 18.4 Å². The van der Waals surface area contributed by atoms with Gasteiger partial charge in [0, 0.05) is 50.9 Å². The van der Waals surface area contributed by atoms with E-state index in [-0.39, 0.29) is 17.9 Å². The molecule has 2 aromatic heterocycles. The summed E-state index contributed by atoms with van der Waals surface area (Å²) in [4.78, 5) is 22.9. The smallest absolute Gasteiger partial charge is 0.223 e. The zero-order valence-corrected chi connectivity index (χ0v) is 21.4. The quantitative estimate of drug-likeness (QED) is 0.284. The molecule has 1 saturated heterocycles. The van der Waals surface area contributed by atoms with Gasteiger partial charge in [-0.1, -0.05) is 97.1 Å². The molecule has 1 unspecified atom stereocenters. The Labute approximate surface area is 224 Å². The summed E-state index contributed by atoms with van der Waals surface area (Å²) < 4.78 is 2.10. The number of hydrogen-bond donors (Lipinski definition) is 0. The first-order chi connectivity index (χ1) is 18.8. The Morgan fingerprint density at radius 2 is 1.24 bits per heavy atom. The van der Waals surface area contributed by atoms with Crippen LogP contribution >= 0.6 is 0 Å². The molecule has 0 saturated carbocycles. The molecular weight excluding hydrogens is 468 g/mol. The molecule has 1 aliphatic rings. The average molecular weight is 501 g/mol. The van der Waals surface area contributed by atoms with Gasteiger partial charge in [-0.3, -0.25) is 9.69 Å². The number of piperazine rings is 1. The zero-order valence-electron chi connectivity index (χ0n) is 21.4. The third-order valence-corrected chi connectivity index (χ3v) is 7.65. The lowest BCUT2D eigenvalue weighted by molar-refractivity contribution is -0.133. The number of fused-ring (bicyclic) bond motifs is 1. The SMILES string of the molecule is O=C(CC(c1ccccc1)c1cnc2ccccn12)N1CCN(C(c2ccccc2)c2ccccc2)CC1. The van der Waals surface area contributed by atoms with Gasteiger partial charge in [0.2, 0.25) is 5.91 Å². The van der Waals surface area contributed by atoms with E-state index >= 15 is 0 Å². The molecule has 3 aromatic carbocycles. The molecule has 0 N–H and O–H groups in total. The molecule has 190 valence electrons. The highest BCUT2D eigenvalue weighted by atomic mass is 16.2. The van der Waals surface area contributed by atoms with E-state index in [1.54, 1.807) is 0 Å². The fourth-order valence-electron chi connectivity index (χ4n) is 5.71. The fraction of sp³-hybridized carbons (Fsp3) is 0.212. The minimum absolute atomic E-state index is 0.0551. The molecule has 5 heteroatoms. The van der Waals surface area contributed by atoms with E-state index in [4.69, 9.17) is 0 Å². The highest BCUT2D eigenvalue weighted by Gasteiger charge is 2.30. The predicted molar refractivity (Wildman–Crippen MR) is 151 cm³/mol. The van der Waals surface area contributed by atoms with Gasteiger partial charge in [0.25, 0.3) is 0 Å². The third-order valence-electron chi connectivity index (χ3n) is 7.65. The van der Waals surface area contributed by atoms with Gasteiger partial charge in [0.15, 0.2) is 0 Å². The average Bonchev–Trinajstić information content (AvgIpc) is 3.42. The summed E-state index contributed by atoms with van der Waals surface area (Å²) in [6, 6.07) is 37.9. The minimum Gasteiger partial charge on any atom is -0.340 e. The number of amides is 1. The lowest BCUT2D eigenvalue weighted by Crippen LogP contribution is -2.50. The van der Waals surface area contributed by atoms with Gasteiger partial charge < -0.3 is 9.30 Å². The molecule has 0 bridgehead atoms. The number of rotatable bonds is 7. The molecule has 1 atom stereocenters. The maximum atomic E-state index is 13.7. The second-order valence-corrected chi connectivity index (χ2v) is 9.92. The molecule has 6 rings (SSSR count). The monoisotopic (exact) mass is 500 g/mol. The molecule has 0 radical (unpaired) electrons. The van der Waals surface area contributed by atoms with Gasteiger partial charge in [-0.25, -0.2) is 4.98 Å². The first kappa shape index (κ1) is 24.1. The Morgan fingerprint density at radius 3 is 1.84 bits per heavy atom. The molecule has 1 aliphatic heterocycles. The van der Waals surface area contributed by atoms with E-state index in [1.807, 2.05) is 53.7 Å². The van der Waals surface area contributed by atoms with Crippen molar-refractivity contribution in [3.63, 3.8) is 0 Å². The van der Waals surface area contributed by atoms with Crippen LogP contribution in [0.5, 0.6) is 0 Å². The van der Waals surface area contributed by atoms with E-state index in [9.17, 15) is 4.79 Å². The summed E-state index contributed by atoms with van der Waals surface area (Å²) in [5, 5.41) is 0. The largest absolute Gasteiger partial charge is 0.340 e. The van der Waals surface area contributed by atoms with E-state index in [0.717, 1.165) is 43.1 Å². The van der Waals surface area contributed by atoms with Gasteiger partial charge >= 0.3 is 0 Å². The molecule has 1 fully saturated rings. The van der Waals surface area contributed by atoms with Gasteiger partial charge in [-0.15, -0.1) is 0 Å². The van der Waals surface area contributed by atoms with E-state index in [1.165, 1.54) is 11.1 Å². The second-order valence-electron chi connectivity index (χ2n) is 9.92. The Morgan fingerprint density at radius 1 is 0.684 bits per heavy atom. The Bertz CT molecular complexity index is 1440. The maximum Gasteiger partial charge on any atom is 0.223 e. The van der Waals surface area contributed by atoms with E-state index in [2.05, 4.69) is 87.1 Å². The topological polar surface area (TPSA) is 40.9 Å². The van der Waals surface area contributed by atoms with Crippen molar-refractivity contribution in [1.29, 1.82) is 0 Å². The first-order valence-electron chi connectivity index (χ1n) is 13.4. The van der Waals surface area contributed by atoms with Crippen molar-refractivity contribution in [3.8, 4) is 0 Å². The molecule has 0 aliphatic carbocycles. The van der Waals surface area contributed by atoms with Crippen LogP contribution < -0.4 is 0 Å². The van der Waals surface area contributed by atoms with Gasteiger partial charge in [-0.05, 0) is 28.8 Å². The van der Waals surface area contributed by atoms with Crippen LogP contribution in [-0.2, 0) is 4.79 Å². The number of carbonyl (C=O) groups excluding carboxylic acids is 1. The number of nitrogens with zero attached hydrogens (tertiary/aromatic N) is 4. The normalized spacial score (nSPS) is 15.1. The van der Waals surface area contributed by atoms with Crippen molar-refractivity contribution in [3.05, 3.63) is 144 Å². The molecule has 5 nitrogen and oxygen atoms in total. The summed E-state index contributed by atoms with van der Waals surface area (Å²) in [7, 11) is 0. The van der Waals surface area contributed by atoms with Crippen LogP contribution in [0.25, 0.3) is 5.65 Å². The number of pyridine rings is 1. The first-order valence-corrected chi connectivity index (χ1v) is 13.4. The lowest BCUT2D eigenvalue weighted by atomic mass is 9.92. The van der Waals surface area contributed by atoms with Crippen molar-refractivity contribution < 1.29 is 4.79 Å². The Balaban J connectivity index is 1.20. The Hall–Kier alpha value is -4.22. The number of imidazole rings is 1. The summed E-state index contributed by atoms with van der Waals surface area (Å²) in [5.74, 6) is 0.140. The summed E-state index contributed by atoms with van der Waals surface area (Å²) >= 11 is 0. The summed E-state index contributed by atoms with van der Waals surface area (Å²) in [6.07, 6.45) is 4.38. The number of benzene rings is 3. The van der Waals surface area contributed by atoms with Crippen LogP contribution in [-0.4, -0.2) is 51.3 Å². The van der Waals surface area contributed by atoms with Crippen molar-refractivity contribution in [2.24, 2.45) is 0 Å². The van der Waals surface area contributed by atoms with Crippen LogP contribution in [0.4, 0.5) is 0 Å². The van der Waals surface area contributed by atoms with Crippen molar-refractivity contribution >= 4 is 11.6 Å². The maximum absolute atomic E-state index is 13.7. The highest BCUT2D eigenvalue weighted by molar-refractivity contribution is 5.78. The third kappa shape index (κ3) is 4.98. The number of carbonyl (C=O) groups is 1. The van der Waals surface area contributed by atoms with E-state index < -0.39 is 0 Å². The molecule has 38 heavy (non-hydrogen) atoms. The minimum atomic E-state index is -0.0551. The molecule has 0 spiro atoms. The fourth-order valence-corrected chi connectivity index (χ4v) is 5.71. The standard InChI is InChI=1S/C33H32N4O/c38-32(24-29(26-12-4-1-5-13-26)30-25-34-31-18-10-11-19-37(30)31)35-20-22-36(23-21-35)33(27-14-6-2-7-15-27)28-16-8-3-9-17-28/h1-19,25,29,33H,20-24H2. The van der Waals surface area contributed by atoms with Crippen LogP contribution in [0.1, 0.15) is 40.8 Å². The predicted octanol–water partition coefficient (Wildman–Crippen LogP) is 5.79. The molecule has 1 amide bonds. The van der Waals surface area contributed by atoms with Crippen LogP contribution in [0.2, 0.25) is 0 Å². The van der Waals surface area contributed by atoms with Crippen LogP contribution in [0.15, 0.2) is 122 Å². The number of hydrogen-bond acceptors (Lipinski definition) is 3. The Kier molecular flexibility index (Phi) is 7.01. The molecule has 5 aromatic rings. The van der Waals surface area contributed by atoms with Crippen molar-refractivity contribution in [2.75, 3.05) is 26.2 Å². The van der Waals surface area contributed by atoms with E-state index in [0.29, 0.717) is 6.42 Å². The molecule has 3 heterocycles. The van der Waals surface area contributed by atoms with Gasteiger partial charge in [0.05, 0.1) is 11.7 Å². The second kappa shape index (κ2) is 11.0. The summed E-state index contributed by atoms with van der Waals surface area (Å²) in [5.41, 5.74) is 5.66. The van der Waals surface area contributed by atoms with Gasteiger partial charge in [-0.2, -0.15) is 0 Å². The number of aromatic nitrogens is 2. The highest BCUT2D eigenvalue weighted by Crippen LogP contribution is 2.32.